The lowest BCUT2D eigenvalue weighted by Crippen LogP contribution is -2.33. The third-order valence-electron chi connectivity index (χ3n) is 3.71. The van der Waals surface area contributed by atoms with E-state index < -0.39 is 0 Å². The van der Waals surface area contributed by atoms with E-state index in [1.54, 1.807) is 29.3 Å². The van der Waals surface area contributed by atoms with Gasteiger partial charge < -0.3 is 9.80 Å². The van der Waals surface area contributed by atoms with Crippen molar-refractivity contribution >= 4 is 29.2 Å². The fourth-order valence-corrected chi connectivity index (χ4v) is 2.83. The normalized spacial score (nSPS) is 14.2. The number of thioether (sulfide) groups is 1. The maximum atomic E-state index is 12.9. The van der Waals surface area contributed by atoms with Crippen LogP contribution < -0.4 is 9.80 Å². The summed E-state index contributed by atoms with van der Waals surface area (Å²) in [6.07, 6.45) is 3.49. The van der Waals surface area contributed by atoms with Crippen molar-refractivity contribution in [3.8, 4) is 6.07 Å². The van der Waals surface area contributed by atoms with Crippen LogP contribution in [0.5, 0.6) is 0 Å². The molecule has 0 saturated carbocycles. The Kier molecular flexibility index (Phi) is 4.17. The zero-order valence-corrected chi connectivity index (χ0v) is 13.7. The number of benzene rings is 1. The molecular weight excluding hydrogens is 310 g/mol. The number of amides is 1. The highest BCUT2D eigenvalue weighted by atomic mass is 32.2. The number of hydrogen-bond donors (Lipinski definition) is 0. The van der Waals surface area contributed by atoms with Crippen molar-refractivity contribution in [2.24, 2.45) is 0 Å². The quantitative estimate of drug-likeness (QED) is 0.622. The largest absolute Gasteiger partial charge is 0.357 e. The summed E-state index contributed by atoms with van der Waals surface area (Å²) in [7, 11) is 1.92. The van der Waals surface area contributed by atoms with Crippen LogP contribution in [0.25, 0.3) is 0 Å². The molecule has 6 nitrogen and oxygen atoms in total. The Morgan fingerprint density at radius 1 is 1.35 bits per heavy atom. The minimum Gasteiger partial charge on any atom is -0.357 e. The topological polar surface area (TPSA) is 73.1 Å². The van der Waals surface area contributed by atoms with Crippen LogP contribution in [-0.4, -0.2) is 42.3 Å². The predicted molar refractivity (Wildman–Crippen MR) is 89.9 cm³/mol. The van der Waals surface area contributed by atoms with Crippen LogP contribution in [0, 0.1) is 11.3 Å². The molecule has 0 radical (unpaired) electrons. The van der Waals surface area contributed by atoms with E-state index >= 15 is 0 Å². The first-order chi connectivity index (χ1) is 11.1. The number of nitrogens with zero attached hydrogens (tertiary/aromatic N) is 5. The van der Waals surface area contributed by atoms with Gasteiger partial charge in [-0.15, -0.1) is 0 Å². The van der Waals surface area contributed by atoms with Crippen molar-refractivity contribution in [1.82, 2.24) is 9.97 Å². The molecule has 1 aromatic heterocycles. The summed E-state index contributed by atoms with van der Waals surface area (Å²) in [6.45, 7) is 1.18. The van der Waals surface area contributed by atoms with Crippen LogP contribution >= 0.6 is 11.8 Å². The molecule has 0 fully saturated rings. The Morgan fingerprint density at radius 2 is 2.17 bits per heavy atom. The predicted octanol–water partition coefficient (Wildman–Crippen LogP) is 2.17. The molecule has 0 saturated heterocycles. The van der Waals surface area contributed by atoms with Gasteiger partial charge in [0, 0.05) is 32.0 Å². The minimum absolute atomic E-state index is 0.146. The van der Waals surface area contributed by atoms with Gasteiger partial charge in [0.25, 0.3) is 5.91 Å². The van der Waals surface area contributed by atoms with Crippen LogP contribution in [0.2, 0.25) is 0 Å². The number of anilines is 2. The summed E-state index contributed by atoms with van der Waals surface area (Å²) >= 11 is 1.44. The first-order valence-corrected chi connectivity index (χ1v) is 8.30. The van der Waals surface area contributed by atoms with Crippen LogP contribution in [-0.2, 0) is 0 Å². The van der Waals surface area contributed by atoms with Gasteiger partial charge in [-0.2, -0.15) is 5.26 Å². The minimum atomic E-state index is -0.146. The van der Waals surface area contributed by atoms with Gasteiger partial charge in [0.05, 0.1) is 11.6 Å². The number of carbonyl (C=O) groups is 1. The Balaban J connectivity index is 2.05. The molecule has 0 N–H and O–H groups in total. The van der Waals surface area contributed by atoms with Gasteiger partial charge in [0.1, 0.15) is 11.4 Å². The lowest BCUT2D eigenvalue weighted by atomic mass is 10.2. The standard InChI is InChI=1S/C16H15N5OS/c1-20-6-7-21(12-5-3-4-11(8-12)9-17)15(22)13-10-18-16(23-2)19-14(13)20/h3-5,8,10H,6-7H2,1-2H3. The molecule has 3 rings (SSSR count). The molecule has 1 aliphatic heterocycles. The van der Waals surface area contributed by atoms with Crippen LogP contribution in [0.1, 0.15) is 15.9 Å². The highest BCUT2D eigenvalue weighted by molar-refractivity contribution is 7.98. The Labute approximate surface area is 138 Å². The number of hydrogen-bond acceptors (Lipinski definition) is 6. The summed E-state index contributed by atoms with van der Waals surface area (Å²) in [5.74, 6) is 0.500. The third kappa shape index (κ3) is 2.85. The van der Waals surface area contributed by atoms with E-state index in [4.69, 9.17) is 5.26 Å². The smallest absolute Gasteiger partial charge is 0.263 e. The number of rotatable bonds is 2. The number of aromatic nitrogens is 2. The van der Waals surface area contributed by atoms with Crippen molar-refractivity contribution < 1.29 is 4.79 Å². The maximum Gasteiger partial charge on any atom is 0.263 e. The maximum absolute atomic E-state index is 12.9. The van der Waals surface area contributed by atoms with Gasteiger partial charge in [0.2, 0.25) is 0 Å². The summed E-state index contributed by atoms with van der Waals surface area (Å²) in [6, 6.07) is 9.16. The summed E-state index contributed by atoms with van der Waals surface area (Å²) in [5, 5.41) is 9.70. The second kappa shape index (κ2) is 6.26. The van der Waals surface area contributed by atoms with Crippen molar-refractivity contribution in [3.63, 3.8) is 0 Å². The van der Waals surface area contributed by atoms with Crippen molar-refractivity contribution in [2.75, 3.05) is 36.2 Å². The molecule has 1 aliphatic rings. The second-order valence-electron chi connectivity index (χ2n) is 5.13. The molecule has 0 aliphatic carbocycles. The van der Waals surface area contributed by atoms with E-state index in [0.29, 0.717) is 40.9 Å². The van der Waals surface area contributed by atoms with E-state index in [9.17, 15) is 4.79 Å². The molecule has 2 aromatic rings. The number of fused-ring (bicyclic) bond motifs is 1. The van der Waals surface area contributed by atoms with Gasteiger partial charge >= 0.3 is 0 Å². The van der Waals surface area contributed by atoms with Gasteiger partial charge in [0.15, 0.2) is 5.16 Å². The van der Waals surface area contributed by atoms with Crippen molar-refractivity contribution in [2.45, 2.75) is 5.16 Å². The van der Waals surface area contributed by atoms with Gasteiger partial charge in [-0.1, -0.05) is 17.8 Å². The molecule has 0 unspecified atom stereocenters. The average Bonchev–Trinajstić information content (AvgIpc) is 2.72. The van der Waals surface area contributed by atoms with Crippen molar-refractivity contribution in [3.05, 3.63) is 41.6 Å². The van der Waals surface area contributed by atoms with Gasteiger partial charge in [-0.05, 0) is 24.5 Å². The van der Waals surface area contributed by atoms with Gasteiger partial charge in [-0.3, -0.25) is 4.79 Å². The Hall–Kier alpha value is -2.59. The summed E-state index contributed by atoms with van der Waals surface area (Å²) in [4.78, 5) is 25.2. The zero-order valence-electron chi connectivity index (χ0n) is 12.9. The second-order valence-corrected chi connectivity index (χ2v) is 5.91. The number of likely N-dealkylation sites (N-methyl/N-ethyl adjacent to an activating group) is 1. The molecule has 23 heavy (non-hydrogen) atoms. The molecule has 0 spiro atoms. The van der Waals surface area contributed by atoms with E-state index in [1.807, 2.05) is 24.3 Å². The molecule has 1 aromatic carbocycles. The first kappa shape index (κ1) is 15.3. The lowest BCUT2D eigenvalue weighted by molar-refractivity contribution is 0.0989. The van der Waals surface area contributed by atoms with Crippen LogP contribution in [0.15, 0.2) is 35.6 Å². The highest BCUT2D eigenvalue weighted by Gasteiger charge is 2.28. The molecule has 0 bridgehead atoms. The number of carbonyl (C=O) groups excluding carboxylic acids is 1. The fourth-order valence-electron chi connectivity index (χ4n) is 2.49. The van der Waals surface area contributed by atoms with Crippen LogP contribution in [0.3, 0.4) is 0 Å². The number of nitriles is 1. The molecule has 0 atom stereocenters. The Bertz CT molecular complexity index is 801. The molecule has 2 heterocycles. The Morgan fingerprint density at radius 3 is 2.91 bits per heavy atom. The summed E-state index contributed by atoms with van der Waals surface area (Å²) < 4.78 is 0. The van der Waals surface area contributed by atoms with E-state index in [2.05, 4.69) is 16.0 Å². The monoisotopic (exact) mass is 325 g/mol. The molecule has 116 valence electrons. The SMILES string of the molecule is CSc1ncc2c(n1)N(C)CCN(c1cccc(C#N)c1)C2=O. The van der Waals surface area contributed by atoms with Crippen LogP contribution in [0.4, 0.5) is 11.5 Å². The van der Waals surface area contributed by atoms with E-state index in [1.165, 1.54) is 11.8 Å². The average molecular weight is 325 g/mol. The molecule has 7 heteroatoms. The lowest BCUT2D eigenvalue weighted by Gasteiger charge is -2.21. The zero-order chi connectivity index (χ0) is 16.4. The third-order valence-corrected chi connectivity index (χ3v) is 4.27. The molecular formula is C16H15N5OS. The van der Waals surface area contributed by atoms with E-state index in [-0.39, 0.29) is 5.91 Å². The molecule has 1 amide bonds. The first-order valence-electron chi connectivity index (χ1n) is 7.08. The van der Waals surface area contributed by atoms with Gasteiger partial charge in [-0.25, -0.2) is 9.97 Å². The fraction of sp³-hybridized carbons (Fsp3) is 0.250. The van der Waals surface area contributed by atoms with E-state index in [0.717, 1.165) is 0 Å². The highest BCUT2D eigenvalue weighted by Crippen LogP contribution is 2.27. The van der Waals surface area contributed by atoms with Crippen molar-refractivity contribution in [1.29, 1.82) is 5.26 Å². The summed E-state index contributed by atoms with van der Waals surface area (Å²) in [5.41, 5.74) is 1.72.